The van der Waals surface area contributed by atoms with Crippen molar-refractivity contribution >= 4 is 22.8 Å². The molecule has 1 aromatic carbocycles. The van der Waals surface area contributed by atoms with Crippen molar-refractivity contribution < 1.29 is 14.3 Å². The summed E-state index contributed by atoms with van der Waals surface area (Å²) in [5.41, 5.74) is 2.04. The summed E-state index contributed by atoms with van der Waals surface area (Å²) in [7, 11) is 0. The van der Waals surface area contributed by atoms with E-state index in [0.29, 0.717) is 12.3 Å². The van der Waals surface area contributed by atoms with Gasteiger partial charge < -0.3 is 15.0 Å². The van der Waals surface area contributed by atoms with Crippen LogP contribution in [-0.2, 0) is 16.0 Å². The molecule has 2 N–H and O–H groups in total. The van der Waals surface area contributed by atoms with Gasteiger partial charge in [0.05, 0.1) is 5.92 Å². The number of amides is 1. The van der Waals surface area contributed by atoms with Crippen molar-refractivity contribution in [2.75, 3.05) is 6.54 Å². The van der Waals surface area contributed by atoms with Gasteiger partial charge >= 0.3 is 5.97 Å². The van der Waals surface area contributed by atoms with Crippen LogP contribution in [0, 0.1) is 5.92 Å². The number of H-pyrrole nitrogens is 1. The number of hydrogen-bond acceptors (Lipinski definition) is 3. The first-order valence-electron chi connectivity index (χ1n) is 7.03. The molecule has 5 nitrogen and oxygen atoms in total. The molecular weight excluding hydrogens is 268 g/mol. The van der Waals surface area contributed by atoms with Crippen LogP contribution in [0.2, 0.25) is 0 Å². The van der Waals surface area contributed by atoms with E-state index in [1.54, 1.807) is 19.9 Å². The molecule has 0 bridgehead atoms. The zero-order valence-electron chi connectivity index (χ0n) is 12.5. The molecule has 0 unspecified atom stereocenters. The van der Waals surface area contributed by atoms with E-state index in [9.17, 15) is 9.59 Å². The fourth-order valence-electron chi connectivity index (χ4n) is 2.04. The third kappa shape index (κ3) is 3.84. The number of nitrogens with one attached hydrogen (secondary N) is 2. The lowest BCUT2D eigenvalue weighted by Gasteiger charge is -2.07. The molecule has 0 saturated carbocycles. The second kappa shape index (κ2) is 6.43. The van der Waals surface area contributed by atoms with Crippen LogP contribution in [-0.4, -0.2) is 23.4 Å². The third-order valence-electron chi connectivity index (χ3n) is 3.20. The van der Waals surface area contributed by atoms with Gasteiger partial charge in [0.2, 0.25) is 5.91 Å². The summed E-state index contributed by atoms with van der Waals surface area (Å²) in [6, 6.07) is 5.54. The Bertz CT molecular complexity index is 659. The number of ether oxygens (including phenoxy) is 1. The van der Waals surface area contributed by atoms with Crippen molar-refractivity contribution in [3.63, 3.8) is 0 Å². The van der Waals surface area contributed by atoms with Gasteiger partial charge in [-0.25, -0.2) is 0 Å². The number of carbonyl (C=O) groups is 2. The van der Waals surface area contributed by atoms with Gasteiger partial charge in [-0.1, -0.05) is 13.8 Å². The summed E-state index contributed by atoms with van der Waals surface area (Å²) >= 11 is 0. The highest BCUT2D eigenvalue weighted by Gasteiger charge is 2.11. The molecule has 1 aromatic heterocycles. The number of hydrogen-bond donors (Lipinski definition) is 2. The number of benzene rings is 1. The van der Waals surface area contributed by atoms with Crippen molar-refractivity contribution in [3.8, 4) is 5.75 Å². The van der Waals surface area contributed by atoms with Gasteiger partial charge in [0, 0.05) is 36.6 Å². The average Bonchev–Trinajstić information content (AvgIpc) is 2.81. The first kappa shape index (κ1) is 15.1. The topological polar surface area (TPSA) is 71.2 Å². The van der Waals surface area contributed by atoms with Crippen LogP contribution in [0.3, 0.4) is 0 Å². The van der Waals surface area contributed by atoms with Crippen LogP contribution in [0.15, 0.2) is 24.4 Å². The van der Waals surface area contributed by atoms with E-state index < -0.39 is 0 Å². The summed E-state index contributed by atoms with van der Waals surface area (Å²) in [6.07, 6.45) is 2.67. The van der Waals surface area contributed by atoms with Crippen LogP contribution in [0.5, 0.6) is 5.75 Å². The fraction of sp³-hybridized carbons (Fsp3) is 0.375. The van der Waals surface area contributed by atoms with Gasteiger partial charge in [-0.05, 0) is 24.1 Å². The zero-order valence-corrected chi connectivity index (χ0v) is 12.5. The van der Waals surface area contributed by atoms with Gasteiger partial charge in [-0.2, -0.15) is 0 Å². The molecule has 21 heavy (non-hydrogen) atoms. The molecule has 112 valence electrons. The van der Waals surface area contributed by atoms with E-state index in [2.05, 4.69) is 10.3 Å². The van der Waals surface area contributed by atoms with E-state index in [4.69, 9.17) is 4.74 Å². The lowest BCUT2D eigenvalue weighted by atomic mass is 10.1. The Morgan fingerprint density at radius 1 is 1.33 bits per heavy atom. The minimum atomic E-state index is -0.244. The number of fused-ring (bicyclic) bond motifs is 1. The monoisotopic (exact) mass is 288 g/mol. The second-order valence-corrected chi connectivity index (χ2v) is 5.33. The highest BCUT2D eigenvalue weighted by atomic mass is 16.5. The normalized spacial score (nSPS) is 10.9. The highest BCUT2D eigenvalue weighted by molar-refractivity contribution is 5.85. The maximum Gasteiger partial charge on any atom is 0.313 e. The molecule has 0 radical (unpaired) electrons. The van der Waals surface area contributed by atoms with Crippen molar-refractivity contribution in [1.82, 2.24) is 10.3 Å². The molecule has 0 aliphatic heterocycles. The van der Waals surface area contributed by atoms with E-state index in [-0.39, 0.29) is 17.8 Å². The molecule has 2 rings (SSSR count). The highest BCUT2D eigenvalue weighted by Crippen LogP contribution is 2.24. The van der Waals surface area contributed by atoms with Crippen molar-refractivity contribution in [2.45, 2.75) is 27.2 Å². The Morgan fingerprint density at radius 3 is 2.76 bits per heavy atom. The van der Waals surface area contributed by atoms with E-state index in [0.717, 1.165) is 22.9 Å². The molecule has 0 aliphatic carbocycles. The fourth-order valence-corrected chi connectivity index (χ4v) is 2.04. The molecule has 2 aromatic rings. The molecule has 0 atom stereocenters. The zero-order chi connectivity index (χ0) is 15.4. The van der Waals surface area contributed by atoms with E-state index in [1.807, 2.05) is 18.3 Å². The smallest absolute Gasteiger partial charge is 0.313 e. The second-order valence-electron chi connectivity index (χ2n) is 5.33. The molecular formula is C16H20N2O3. The largest absolute Gasteiger partial charge is 0.426 e. The lowest BCUT2D eigenvalue weighted by molar-refractivity contribution is -0.137. The van der Waals surface area contributed by atoms with Crippen molar-refractivity contribution in [2.24, 2.45) is 5.92 Å². The van der Waals surface area contributed by atoms with E-state index >= 15 is 0 Å². The summed E-state index contributed by atoms with van der Waals surface area (Å²) < 4.78 is 5.29. The van der Waals surface area contributed by atoms with Crippen molar-refractivity contribution in [3.05, 3.63) is 30.0 Å². The predicted octanol–water partition coefficient (Wildman–Crippen LogP) is 2.41. The maximum atomic E-state index is 11.6. The average molecular weight is 288 g/mol. The Kier molecular flexibility index (Phi) is 4.62. The van der Waals surface area contributed by atoms with E-state index in [1.165, 1.54) is 6.92 Å². The molecule has 0 fully saturated rings. The van der Waals surface area contributed by atoms with Gasteiger partial charge in [-0.15, -0.1) is 0 Å². The Morgan fingerprint density at radius 2 is 2.10 bits per heavy atom. The van der Waals surface area contributed by atoms with Crippen LogP contribution in [0.4, 0.5) is 0 Å². The summed E-state index contributed by atoms with van der Waals surface area (Å²) in [5, 5.41) is 3.85. The number of aromatic amines is 1. The maximum absolute atomic E-state index is 11.6. The lowest BCUT2D eigenvalue weighted by Crippen LogP contribution is -2.22. The predicted molar refractivity (Wildman–Crippen MR) is 81.2 cm³/mol. The quantitative estimate of drug-likeness (QED) is 0.655. The Labute approximate surface area is 123 Å². The number of carbonyl (C=O) groups excluding carboxylic acids is 2. The van der Waals surface area contributed by atoms with Crippen LogP contribution in [0.1, 0.15) is 26.3 Å². The van der Waals surface area contributed by atoms with Gasteiger partial charge in [0.25, 0.3) is 0 Å². The minimum absolute atomic E-state index is 0.0299. The molecule has 0 aliphatic rings. The van der Waals surface area contributed by atoms with Gasteiger partial charge in [-0.3, -0.25) is 9.59 Å². The molecule has 1 amide bonds. The number of aromatic nitrogens is 1. The Balaban J connectivity index is 2.11. The van der Waals surface area contributed by atoms with Gasteiger partial charge in [0.15, 0.2) is 0 Å². The molecule has 0 spiro atoms. The van der Waals surface area contributed by atoms with Crippen molar-refractivity contribution in [1.29, 1.82) is 0 Å². The number of rotatable bonds is 5. The number of esters is 1. The van der Waals surface area contributed by atoms with Crippen LogP contribution >= 0.6 is 0 Å². The van der Waals surface area contributed by atoms with Crippen LogP contribution in [0.25, 0.3) is 10.9 Å². The molecule has 5 heteroatoms. The standard InChI is InChI=1S/C16H20N2O3/c1-10(2)16(20)21-13-4-5-14-12(6-7-17-11(3)19)9-18-15(14)8-13/h4-5,8-10,18H,6-7H2,1-3H3,(H,17,19). The Hall–Kier alpha value is -2.30. The first-order chi connectivity index (χ1) is 9.97. The minimum Gasteiger partial charge on any atom is -0.426 e. The van der Waals surface area contributed by atoms with Gasteiger partial charge in [0.1, 0.15) is 5.75 Å². The molecule has 1 heterocycles. The first-order valence-corrected chi connectivity index (χ1v) is 7.03. The SMILES string of the molecule is CC(=O)NCCc1c[nH]c2cc(OC(=O)C(C)C)ccc12. The molecule has 0 saturated heterocycles. The summed E-state index contributed by atoms with van der Waals surface area (Å²) in [5.74, 6) is 0.110. The summed E-state index contributed by atoms with van der Waals surface area (Å²) in [6.45, 7) is 5.71. The summed E-state index contributed by atoms with van der Waals surface area (Å²) in [4.78, 5) is 25.6. The third-order valence-corrected chi connectivity index (χ3v) is 3.20. The van der Waals surface area contributed by atoms with Crippen LogP contribution < -0.4 is 10.1 Å².